The summed E-state index contributed by atoms with van der Waals surface area (Å²) in [5.41, 5.74) is 0. The third-order valence-corrected chi connectivity index (χ3v) is 2.14. The summed E-state index contributed by atoms with van der Waals surface area (Å²) >= 11 is 0. The lowest BCUT2D eigenvalue weighted by atomic mass is 10.1. The van der Waals surface area contributed by atoms with Crippen molar-refractivity contribution in [3.05, 3.63) is 36.4 Å². The second kappa shape index (κ2) is 3.58. The fraction of sp³-hybridized carbons (Fsp3) is 0.167. The number of ether oxygens (including phenoxy) is 1. The van der Waals surface area contributed by atoms with Crippen molar-refractivity contribution in [3.8, 4) is 11.5 Å². The van der Waals surface area contributed by atoms with Crippen LogP contribution in [0.1, 0.15) is 6.92 Å². The van der Waals surface area contributed by atoms with Gasteiger partial charge in [0.1, 0.15) is 0 Å². The molecule has 0 amide bonds. The Morgan fingerprint density at radius 1 is 1.14 bits per heavy atom. The van der Waals surface area contributed by atoms with Gasteiger partial charge in [-0.25, -0.2) is 0 Å². The molecule has 2 rings (SSSR count). The first-order chi connectivity index (χ1) is 6.83. The molecule has 2 aromatic rings. The Labute approximate surface area is 82.8 Å². The Morgan fingerprint density at radius 2 is 1.93 bits per heavy atom. The topological polar surface area (TPSA) is 29.1 Å². The molecule has 0 aliphatic carbocycles. The lowest BCUT2D eigenvalue weighted by Gasteiger charge is -2.05. The maximum Gasteiger partial charge on any atom is 0.228 e. The molecular formula is C12H11O2. The first-order valence-electron chi connectivity index (χ1n) is 4.64. The van der Waals surface area contributed by atoms with E-state index in [1.807, 2.05) is 37.3 Å². The molecule has 2 nitrogen and oxygen atoms in total. The monoisotopic (exact) mass is 187 g/mol. The summed E-state index contributed by atoms with van der Waals surface area (Å²) < 4.78 is 5.23. The maximum atomic E-state index is 11.8. The van der Waals surface area contributed by atoms with Crippen LogP contribution < -0.4 is 4.74 Å². The fourth-order valence-corrected chi connectivity index (χ4v) is 1.49. The van der Waals surface area contributed by atoms with E-state index in [4.69, 9.17) is 4.74 Å². The third-order valence-electron chi connectivity index (χ3n) is 2.14. The number of hydrogen-bond acceptors (Lipinski definition) is 1. The highest BCUT2D eigenvalue weighted by Crippen LogP contribution is 2.34. The van der Waals surface area contributed by atoms with Gasteiger partial charge in [0.15, 0.2) is 5.75 Å². The quantitative estimate of drug-likeness (QED) is 0.708. The zero-order valence-electron chi connectivity index (χ0n) is 7.99. The van der Waals surface area contributed by atoms with Crippen LogP contribution in [0.15, 0.2) is 36.4 Å². The molecule has 0 bridgehead atoms. The predicted molar refractivity (Wildman–Crippen MR) is 55.2 cm³/mol. The second-order valence-electron chi connectivity index (χ2n) is 3.05. The van der Waals surface area contributed by atoms with Crippen molar-refractivity contribution in [2.24, 2.45) is 0 Å². The Morgan fingerprint density at radius 3 is 2.71 bits per heavy atom. The molecule has 1 radical (unpaired) electrons. The average molecular weight is 187 g/mol. The zero-order chi connectivity index (χ0) is 9.97. The first kappa shape index (κ1) is 8.88. The minimum Gasteiger partial charge on any atom is -0.490 e. The molecule has 0 N–H and O–H groups in total. The standard InChI is InChI=1S/C12H11O2/c1-2-14-11-8-7-9-5-3-4-6-10(9)12(11)13/h3-8H,2H2,1H3. The SMILES string of the molecule is CCOc1ccc2ccccc2c1[O]. The summed E-state index contributed by atoms with van der Waals surface area (Å²) in [7, 11) is 0. The minimum absolute atomic E-state index is 0.0232. The Hall–Kier alpha value is -1.70. The van der Waals surface area contributed by atoms with Crippen LogP contribution in [0.3, 0.4) is 0 Å². The van der Waals surface area contributed by atoms with Gasteiger partial charge in [-0.2, -0.15) is 0 Å². The van der Waals surface area contributed by atoms with E-state index < -0.39 is 0 Å². The van der Waals surface area contributed by atoms with E-state index in [9.17, 15) is 5.11 Å². The highest BCUT2D eigenvalue weighted by Gasteiger charge is 2.07. The van der Waals surface area contributed by atoms with Gasteiger partial charge in [0.2, 0.25) is 5.75 Å². The summed E-state index contributed by atoms with van der Waals surface area (Å²) in [6.45, 7) is 2.39. The van der Waals surface area contributed by atoms with Crippen molar-refractivity contribution in [2.45, 2.75) is 6.92 Å². The average Bonchev–Trinajstić information content (AvgIpc) is 2.23. The van der Waals surface area contributed by atoms with Crippen LogP contribution in [0.2, 0.25) is 0 Å². The molecule has 0 unspecified atom stereocenters. The van der Waals surface area contributed by atoms with E-state index in [2.05, 4.69) is 0 Å². The molecule has 0 heterocycles. The lowest BCUT2D eigenvalue weighted by Crippen LogP contribution is -1.91. The van der Waals surface area contributed by atoms with E-state index in [1.165, 1.54) is 0 Å². The summed E-state index contributed by atoms with van der Waals surface area (Å²) in [5.74, 6) is 0.413. The number of benzene rings is 2. The van der Waals surface area contributed by atoms with E-state index >= 15 is 0 Å². The van der Waals surface area contributed by atoms with Crippen LogP contribution in [-0.4, -0.2) is 6.61 Å². The largest absolute Gasteiger partial charge is 0.490 e. The van der Waals surface area contributed by atoms with Crippen LogP contribution in [0.5, 0.6) is 11.5 Å². The van der Waals surface area contributed by atoms with Gasteiger partial charge in [-0.15, -0.1) is 0 Å². The van der Waals surface area contributed by atoms with Crippen molar-refractivity contribution < 1.29 is 9.84 Å². The molecular weight excluding hydrogens is 176 g/mol. The molecule has 0 fully saturated rings. The predicted octanol–water partition coefficient (Wildman–Crippen LogP) is 3.38. The Balaban J connectivity index is 2.63. The van der Waals surface area contributed by atoms with Gasteiger partial charge in [-0.1, -0.05) is 30.3 Å². The zero-order valence-corrected chi connectivity index (χ0v) is 7.99. The van der Waals surface area contributed by atoms with Crippen molar-refractivity contribution in [1.29, 1.82) is 0 Å². The highest BCUT2D eigenvalue weighted by molar-refractivity contribution is 5.90. The van der Waals surface area contributed by atoms with Crippen molar-refractivity contribution in [2.75, 3.05) is 6.61 Å². The Kier molecular flexibility index (Phi) is 2.27. The summed E-state index contributed by atoms with van der Waals surface area (Å²) in [5, 5.41) is 13.5. The molecule has 0 aliphatic rings. The van der Waals surface area contributed by atoms with Crippen molar-refractivity contribution >= 4 is 10.8 Å². The van der Waals surface area contributed by atoms with Crippen LogP contribution in [-0.2, 0) is 5.11 Å². The van der Waals surface area contributed by atoms with Gasteiger partial charge in [0.25, 0.3) is 0 Å². The van der Waals surface area contributed by atoms with Crippen LogP contribution in [0, 0.1) is 0 Å². The van der Waals surface area contributed by atoms with Gasteiger partial charge < -0.3 is 4.74 Å². The summed E-state index contributed by atoms with van der Waals surface area (Å²) in [6, 6.07) is 11.2. The molecule has 0 saturated heterocycles. The van der Waals surface area contributed by atoms with Gasteiger partial charge >= 0.3 is 0 Å². The van der Waals surface area contributed by atoms with Crippen LogP contribution >= 0.6 is 0 Å². The molecule has 2 aromatic carbocycles. The molecule has 71 valence electrons. The molecule has 0 atom stereocenters. The minimum atomic E-state index is -0.0232. The molecule has 2 heteroatoms. The Bertz CT molecular complexity index is 449. The smallest absolute Gasteiger partial charge is 0.228 e. The summed E-state index contributed by atoms with van der Waals surface area (Å²) in [6.07, 6.45) is 0. The molecule has 0 spiro atoms. The van der Waals surface area contributed by atoms with Gasteiger partial charge in [0.05, 0.1) is 6.61 Å². The summed E-state index contributed by atoms with van der Waals surface area (Å²) in [4.78, 5) is 0. The van der Waals surface area contributed by atoms with Gasteiger partial charge in [-0.3, -0.25) is 5.11 Å². The highest BCUT2D eigenvalue weighted by atomic mass is 16.5. The molecule has 0 saturated carbocycles. The molecule has 0 aromatic heterocycles. The third kappa shape index (κ3) is 1.39. The van der Waals surface area contributed by atoms with Crippen LogP contribution in [0.4, 0.5) is 0 Å². The van der Waals surface area contributed by atoms with E-state index in [0.29, 0.717) is 12.4 Å². The maximum absolute atomic E-state index is 11.8. The van der Waals surface area contributed by atoms with Crippen LogP contribution in [0.25, 0.3) is 10.8 Å². The molecule has 0 aliphatic heterocycles. The van der Waals surface area contributed by atoms with Crippen molar-refractivity contribution in [1.82, 2.24) is 0 Å². The molecule has 14 heavy (non-hydrogen) atoms. The first-order valence-corrected chi connectivity index (χ1v) is 4.64. The van der Waals surface area contributed by atoms with E-state index in [0.717, 1.165) is 10.8 Å². The number of rotatable bonds is 2. The van der Waals surface area contributed by atoms with E-state index in [-0.39, 0.29) is 5.75 Å². The van der Waals surface area contributed by atoms with Crippen molar-refractivity contribution in [3.63, 3.8) is 0 Å². The normalized spacial score (nSPS) is 10.4. The number of hydrogen-bond donors (Lipinski definition) is 0. The van der Waals surface area contributed by atoms with Gasteiger partial charge in [0, 0.05) is 5.39 Å². The van der Waals surface area contributed by atoms with Gasteiger partial charge in [-0.05, 0) is 18.4 Å². The fourth-order valence-electron chi connectivity index (χ4n) is 1.49. The lowest BCUT2D eigenvalue weighted by molar-refractivity contribution is 0.291. The number of fused-ring (bicyclic) bond motifs is 1. The van der Waals surface area contributed by atoms with E-state index in [1.54, 1.807) is 6.07 Å². The second-order valence-corrected chi connectivity index (χ2v) is 3.05.